The summed E-state index contributed by atoms with van der Waals surface area (Å²) in [6.07, 6.45) is 4.06. The lowest BCUT2D eigenvalue weighted by atomic mass is 9.87. The molecule has 2 saturated heterocycles. The third-order valence-electron chi connectivity index (χ3n) is 2.96. The summed E-state index contributed by atoms with van der Waals surface area (Å²) in [5, 5.41) is 3.45. The van der Waals surface area contributed by atoms with Gasteiger partial charge in [0, 0.05) is 13.1 Å². The quantitative estimate of drug-likeness (QED) is 0.667. The van der Waals surface area contributed by atoms with E-state index in [4.69, 9.17) is 0 Å². The first kappa shape index (κ1) is 14.9. The third kappa shape index (κ3) is 4.98. The van der Waals surface area contributed by atoms with Crippen LogP contribution >= 0.6 is 0 Å². The molecule has 2 aliphatic heterocycles. The van der Waals surface area contributed by atoms with Crippen molar-refractivity contribution in [3.8, 4) is 0 Å². The van der Waals surface area contributed by atoms with E-state index in [-0.39, 0.29) is 0 Å². The molecule has 0 aromatic carbocycles. The number of hydrogen-bond donors (Lipinski definition) is 1. The standard InChI is InChI=1S/C8H16N2.C3H8.C2H6/c1-10-5-3-8(7-10)2-4-9-6-8;1-3-2;1-2/h9H,2-7H2,1H3;3H2,1-2H3;1-2H3. The zero-order valence-electron chi connectivity index (χ0n) is 11.4. The van der Waals surface area contributed by atoms with Crippen molar-refractivity contribution in [2.75, 3.05) is 33.2 Å². The van der Waals surface area contributed by atoms with Crippen molar-refractivity contribution in [3.63, 3.8) is 0 Å². The summed E-state index contributed by atoms with van der Waals surface area (Å²) in [5.74, 6) is 0. The monoisotopic (exact) mass is 214 g/mol. The lowest BCUT2D eigenvalue weighted by molar-refractivity contribution is 0.309. The van der Waals surface area contributed by atoms with Gasteiger partial charge in [0.25, 0.3) is 0 Å². The van der Waals surface area contributed by atoms with Gasteiger partial charge in [0.2, 0.25) is 0 Å². The molecule has 2 aliphatic rings. The summed E-state index contributed by atoms with van der Waals surface area (Å²) in [4.78, 5) is 2.45. The number of likely N-dealkylation sites (tertiary alicyclic amines) is 1. The minimum atomic E-state index is 0.675. The van der Waals surface area contributed by atoms with E-state index in [1.54, 1.807) is 0 Å². The van der Waals surface area contributed by atoms with E-state index in [1.807, 2.05) is 13.8 Å². The average molecular weight is 214 g/mol. The van der Waals surface area contributed by atoms with Gasteiger partial charge in [-0.2, -0.15) is 0 Å². The van der Waals surface area contributed by atoms with Crippen LogP contribution in [0.1, 0.15) is 47.0 Å². The molecule has 15 heavy (non-hydrogen) atoms. The molecule has 2 nitrogen and oxygen atoms in total. The topological polar surface area (TPSA) is 15.3 Å². The maximum Gasteiger partial charge on any atom is 0.00481 e. The molecule has 0 amide bonds. The molecule has 1 N–H and O–H groups in total. The fourth-order valence-corrected chi connectivity index (χ4v) is 2.30. The molecule has 1 atom stereocenters. The third-order valence-corrected chi connectivity index (χ3v) is 2.96. The van der Waals surface area contributed by atoms with Crippen molar-refractivity contribution >= 4 is 0 Å². The lowest BCUT2D eigenvalue weighted by Crippen LogP contribution is -2.27. The van der Waals surface area contributed by atoms with Crippen molar-refractivity contribution in [3.05, 3.63) is 0 Å². The van der Waals surface area contributed by atoms with E-state index < -0.39 is 0 Å². The largest absolute Gasteiger partial charge is 0.316 e. The zero-order chi connectivity index (χ0) is 11.7. The molecule has 1 unspecified atom stereocenters. The summed E-state index contributed by atoms with van der Waals surface area (Å²) in [6, 6.07) is 0. The normalized spacial score (nSPS) is 29.4. The van der Waals surface area contributed by atoms with E-state index in [0.717, 1.165) is 0 Å². The molecule has 0 aromatic rings. The molecule has 2 fully saturated rings. The van der Waals surface area contributed by atoms with Crippen molar-refractivity contribution in [2.24, 2.45) is 5.41 Å². The highest BCUT2D eigenvalue weighted by molar-refractivity contribution is 4.94. The van der Waals surface area contributed by atoms with Gasteiger partial charge >= 0.3 is 0 Å². The summed E-state index contributed by atoms with van der Waals surface area (Å²) in [5.41, 5.74) is 0.675. The van der Waals surface area contributed by atoms with Crippen LogP contribution in [0.2, 0.25) is 0 Å². The van der Waals surface area contributed by atoms with Gasteiger partial charge in [-0.1, -0.05) is 34.1 Å². The van der Waals surface area contributed by atoms with Gasteiger partial charge in [-0.05, 0) is 38.4 Å². The maximum atomic E-state index is 3.45. The Morgan fingerprint density at radius 1 is 1.20 bits per heavy atom. The van der Waals surface area contributed by atoms with E-state index >= 15 is 0 Å². The van der Waals surface area contributed by atoms with Crippen LogP contribution in [-0.2, 0) is 0 Å². The Kier molecular flexibility index (Phi) is 8.07. The first-order chi connectivity index (χ1) is 7.22. The minimum Gasteiger partial charge on any atom is -0.316 e. The molecular formula is C13H30N2. The lowest BCUT2D eigenvalue weighted by Gasteiger charge is -2.20. The van der Waals surface area contributed by atoms with Gasteiger partial charge < -0.3 is 10.2 Å². The molecule has 0 aliphatic carbocycles. The van der Waals surface area contributed by atoms with Crippen molar-refractivity contribution in [1.82, 2.24) is 10.2 Å². The number of nitrogens with one attached hydrogen (secondary N) is 1. The first-order valence-electron chi connectivity index (χ1n) is 6.62. The SMILES string of the molecule is CC.CCC.CN1CCC2(CCNC2)C1. The number of hydrogen-bond acceptors (Lipinski definition) is 2. The second kappa shape index (κ2) is 8.12. The van der Waals surface area contributed by atoms with Crippen LogP contribution in [0.5, 0.6) is 0 Å². The molecule has 1 spiro atoms. The molecule has 2 heterocycles. The summed E-state index contributed by atoms with van der Waals surface area (Å²) >= 11 is 0. The second-order valence-corrected chi connectivity index (χ2v) is 4.62. The molecule has 92 valence electrons. The Morgan fingerprint density at radius 3 is 2.13 bits per heavy atom. The van der Waals surface area contributed by atoms with Crippen LogP contribution in [0.15, 0.2) is 0 Å². The highest BCUT2D eigenvalue weighted by Crippen LogP contribution is 2.34. The smallest absolute Gasteiger partial charge is 0.00481 e. The van der Waals surface area contributed by atoms with E-state index in [0.29, 0.717) is 5.41 Å². The Labute approximate surface area is 96.4 Å². The van der Waals surface area contributed by atoms with Crippen LogP contribution in [0.3, 0.4) is 0 Å². The zero-order valence-corrected chi connectivity index (χ0v) is 11.4. The second-order valence-electron chi connectivity index (χ2n) is 4.62. The molecule has 0 aromatic heterocycles. The van der Waals surface area contributed by atoms with Gasteiger partial charge in [-0.3, -0.25) is 0 Å². The van der Waals surface area contributed by atoms with E-state index in [1.165, 1.54) is 45.4 Å². The van der Waals surface area contributed by atoms with Crippen molar-refractivity contribution in [1.29, 1.82) is 0 Å². The summed E-state index contributed by atoms with van der Waals surface area (Å²) in [6.45, 7) is 13.4. The molecular weight excluding hydrogens is 184 g/mol. The molecule has 2 rings (SSSR count). The minimum absolute atomic E-state index is 0.675. The van der Waals surface area contributed by atoms with Crippen LogP contribution in [0.4, 0.5) is 0 Å². The van der Waals surface area contributed by atoms with Gasteiger partial charge in [-0.15, -0.1) is 0 Å². The number of rotatable bonds is 0. The van der Waals surface area contributed by atoms with E-state index in [9.17, 15) is 0 Å². The van der Waals surface area contributed by atoms with Crippen molar-refractivity contribution in [2.45, 2.75) is 47.0 Å². The van der Waals surface area contributed by atoms with Crippen LogP contribution in [0, 0.1) is 5.41 Å². The molecule has 2 heteroatoms. The van der Waals surface area contributed by atoms with Crippen LogP contribution in [0.25, 0.3) is 0 Å². The molecule has 0 saturated carbocycles. The van der Waals surface area contributed by atoms with Crippen LogP contribution < -0.4 is 5.32 Å². The maximum absolute atomic E-state index is 3.45. The Hall–Kier alpha value is -0.0800. The van der Waals surface area contributed by atoms with Gasteiger partial charge in [0.1, 0.15) is 0 Å². The highest BCUT2D eigenvalue weighted by Gasteiger charge is 2.38. The predicted octanol–water partition coefficient (Wildman–Crippen LogP) is 2.74. The van der Waals surface area contributed by atoms with Gasteiger partial charge in [-0.25, -0.2) is 0 Å². The average Bonchev–Trinajstić information content (AvgIpc) is 2.82. The summed E-state index contributed by atoms with van der Waals surface area (Å²) in [7, 11) is 2.23. The Balaban J connectivity index is 0.000000342. The predicted molar refractivity (Wildman–Crippen MR) is 69.3 cm³/mol. The fourth-order valence-electron chi connectivity index (χ4n) is 2.30. The number of nitrogens with zero attached hydrogens (tertiary/aromatic N) is 1. The fraction of sp³-hybridized carbons (Fsp3) is 1.00. The van der Waals surface area contributed by atoms with Crippen LogP contribution in [-0.4, -0.2) is 38.1 Å². The first-order valence-corrected chi connectivity index (χ1v) is 6.62. The summed E-state index contributed by atoms with van der Waals surface area (Å²) < 4.78 is 0. The molecule has 0 bridgehead atoms. The van der Waals surface area contributed by atoms with E-state index in [2.05, 4.69) is 31.1 Å². The molecule has 0 radical (unpaired) electrons. The van der Waals surface area contributed by atoms with Crippen molar-refractivity contribution < 1.29 is 0 Å². The Bertz CT molecular complexity index is 139. The highest BCUT2D eigenvalue weighted by atomic mass is 15.1. The van der Waals surface area contributed by atoms with Gasteiger partial charge in [0.05, 0.1) is 0 Å². The Morgan fingerprint density at radius 2 is 1.80 bits per heavy atom. The van der Waals surface area contributed by atoms with Gasteiger partial charge in [0.15, 0.2) is 0 Å².